The fraction of sp³-hybridized carbons (Fsp3) is 0.208. The van der Waals surface area contributed by atoms with Crippen LogP contribution in [0.4, 0.5) is 10.1 Å². The molecule has 1 fully saturated rings. The van der Waals surface area contributed by atoms with Gasteiger partial charge in [0.05, 0.1) is 11.3 Å². The van der Waals surface area contributed by atoms with E-state index in [1.807, 2.05) is 22.6 Å². The van der Waals surface area contributed by atoms with Gasteiger partial charge in [0.25, 0.3) is 11.1 Å². The topological polar surface area (TPSA) is 101 Å². The summed E-state index contributed by atoms with van der Waals surface area (Å²) in [6.07, 6.45) is 1.32. The third kappa shape index (κ3) is 3.52. The highest BCUT2D eigenvalue weighted by Crippen LogP contribution is 2.35. The van der Waals surface area contributed by atoms with E-state index < -0.39 is 22.6 Å². The minimum atomic E-state index is -0.700. The second kappa shape index (κ2) is 8.12. The maximum atomic E-state index is 15.1. The Labute approximate surface area is 206 Å². The number of fused-ring (bicyclic) bond motifs is 1. The van der Waals surface area contributed by atoms with Gasteiger partial charge in [0.1, 0.15) is 22.6 Å². The molecule has 0 amide bonds. The number of aryl methyl sites for hydroxylation is 1. The molecule has 174 valence electrons. The first-order valence-corrected chi connectivity index (χ1v) is 11.7. The van der Waals surface area contributed by atoms with Crippen molar-refractivity contribution < 1.29 is 9.13 Å². The van der Waals surface area contributed by atoms with Gasteiger partial charge in [-0.3, -0.25) is 18.7 Å². The lowest BCUT2D eigenvalue weighted by Crippen LogP contribution is -2.41. The molecule has 34 heavy (non-hydrogen) atoms. The number of pyridine rings is 1. The van der Waals surface area contributed by atoms with Crippen LogP contribution in [0.1, 0.15) is 24.4 Å². The van der Waals surface area contributed by atoms with Crippen molar-refractivity contribution in [2.45, 2.75) is 25.8 Å². The van der Waals surface area contributed by atoms with E-state index in [-0.39, 0.29) is 34.1 Å². The van der Waals surface area contributed by atoms with E-state index in [9.17, 15) is 14.4 Å². The molecular weight excluding hydrogens is 554 g/mol. The molecule has 1 aliphatic carbocycles. The van der Waals surface area contributed by atoms with Crippen LogP contribution in [0.15, 0.2) is 56.8 Å². The van der Waals surface area contributed by atoms with Crippen LogP contribution in [0, 0.1) is 16.3 Å². The number of nitrogens with two attached hydrogens (primary N) is 1. The van der Waals surface area contributed by atoms with Gasteiger partial charge in [0, 0.05) is 28.4 Å². The van der Waals surface area contributed by atoms with Crippen molar-refractivity contribution in [3.63, 3.8) is 0 Å². The normalized spacial score (nSPS) is 13.4. The largest absolute Gasteiger partial charge is 0.456 e. The summed E-state index contributed by atoms with van der Waals surface area (Å²) in [5, 5.41) is 0.0199. The van der Waals surface area contributed by atoms with Crippen LogP contribution in [0.25, 0.3) is 16.7 Å². The molecule has 0 aliphatic heterocycles. The molecule has 0 unspecified atom stereocenters. The first kappa shape index (κ1) is 22.4. The van der Waals surface area contributed by atoms with Crippen molar-refractivity contribution in [2.24, 2.45) is 7.05 Å². The fourth-order valence-electron chi connectivity index (χ4n) is 4.12. The third-order valence-corrected chi connectivity index (χ3v) is 6.59. The summed E-state index contributed by atoms with van der Waals surface area (Å²) in [7, 11) is 1.45. The zero-order valence-corrected chi connectivity index (χ0v) is 20.5. The Hall–Kier alpha value is -3.41. The van der Waals surface area contributed by atoms with E-state index in [4.69, 9.17) is 10.5 Å². The molecule has 1 aliphatic rings. The van der Waals surface area contributed by atoms with Gasteiger partial charge < -0.3 is 10.5 Å². The van der Waals surface area contributed by atoms with E-state index in [1.165, 1.54) is 23.7 Å². The Kier molecular flexibility index (Phi) is 5.34. The number of hydrogen-bond donors (Lipinski definition) is 1. The maximum Gasteiger partial charge on any atom is 0.337 e. The van der Waals surface area contributed by atoms with Gasteiger partial charge in [-0.05, 0) is 72.7 Å². The maximum absolute atomic E-state index is 15.1. The molecule has 2 heterocycles. The van der Waals surface area contributed by atoms with Gasteiger partial charge in [0.2, 0.25) is 0 Å². The van der Waals surface area contributed by atoms with Gasteiger partial charge in [-0.25, -0.2) is 13.8 Å². The highest BCUT2D eigenvalue weighted by molar-refractivity contribution is 14.1. The van der Waals surface area contributed by atoms with Crippen LogP contribution in [0.3, 0.4) is 0 Å². The zero-order chi connectivity index (χ0) is 24.3. The molecule has 10 heteroatoms. The molecule has 0 radical (unpaired) electrons. The Morgan fingerprint density at radius 3 is 2.47 bits per heavy atom. The molecule has 4 aromatic rings. The molecule has 0 atom stereocenters. The lowest BCUT2D eigenvalue weighted by molar-refractivity contribution is 0.480. The smallest absolute Gasteiger partial charge is 0.337 e. The Morgan fingerprint density at radius 1 is 1.09 bits per heavy atom. The lowest BCUT2D eigenvalue weighted by atomic mass is 10.2. The molecule has 2 aromatic heterocycles. The summed E-state index contributed by atoms with van der Waals surface area (Å²) in [5.41, 5.74) is 4.64. The fourth-order valence-corrected chi connectivity index (χ4v) is 4.57. The molecule has 8 nitrogen and oxygen atoms in total. The minimum Gasteiger partial charge on any atom is -0.456 e. The average molecular weight is 574 g/mol. The quantitative estimate of drug-likeness (QED) is 0.297. The Morgan fingerprint density at radius 2 is 1.82 bits per heavy atom. The summed E-state index contributed by atoms with van der Waals surface area (Å²) in [6.45, 7) is 1.55. The summed E-state index contributed by atoms with van der Waals surface area (Å²) < 4.78 is 25.2. The first-order chi connectivity index (χ1) is 16.2. The molecular formula is C24H20FIN4O4. The van der Waals surface area contributed by atoms with E-state index in [1.54, 1.807) is 37.3 Å². The Bertz CT molecular complexity index is 1670. The molecule has 1 saturated carbocycles. The van der Waals surface area contributed by atoms with E-state index >= 15 is 4.39 Å². The SMILES string of the molecule is Cc1c(Oc2cccc(N)c2)c2c(=O)n(C3CC3)c(=O)n(-c3ccc(I)cc3F)c2n(C)c1=O. The van der Waals surface area contributed by atoms with E-state index in [2.05, 4.69) is 0 Å². The van der Waals surface area contributed by atoms with Crippen LogP contribution in [0.2, 0.25) is 0 Å². The summed E-state index contributed by atoms with van der Waals surface area (Å²) in [4.78, 5) is 40.4. The zero-order valence-electron chi connectivity index (χ0n) is 18.3. The van der Waals surface area contributed by atoms with Crippen LogP contribution in [-0.2, 0) is 7.05 Å². The van der Waals surface area contributed by atoms with E-state index in [0.717, 1.165) is 9.13 Å². The molecule has 2 aromatic carbocycles. The van der Waals surface area contributed by atoms with Gasteiger partial charge in [-0.1, -0.05) is 6.07 Å². The first-order valence-electron chi connectivity index (χ1n) is 10.6. The van der Waals surface area contributed by atoms with Crippen LogP contribution in [0.5, 0.6) is 11.5 Å². The summed E-state index contributed by atoms with van der Waals surface area (Å²) >= 11 is 1.97. The average Bonchev–Trinajstić information content (AvgIpc) is 3.61. The summed E-state index contributed by atoms with van der Waals surface area (Å²) in [5.74, 6) is -0.307. The highest BCUT2D eigenvalue weighted by atomic mass is 127. The van der Waals surface area contributed by atoms with Crippen LogP contribution >= 0.6 is 22.6 Å². The molecule has 5 rings (SSSR count). The van der Waals surface area contributed by atoms with Crippen molar-refractivity contribution >= 4 is 39.3 Å². The third-order valence-electron chi connectivity index (χ3n) is 5.92. The molecule has 2 N–H and O–H groups in total. The number of nitrogens with zero attached hydrogens (tertiary/aromatic N) is 3. The number of halogens is 2. The van der Waals surface area contributed by atoms with Gasteiger partial charge in [-0.15, -0.1) is 0 Å². The van der Waals surface area contributed by atoms with E-state index in [0.29, 0.717) is 27.8 Å². The van der Waals surface area contributed by atoms with Gasteiger partial charge in [0.15, 0.2) is 5.75 Å². The van der Waals surface area contributed by atoms with Crippen molar-refractivity contribution in [3.8, 4) is 17.2 Å². The number of benzene rings is 2. The number of anilines is 1. The van der Waals surface area contributed by atoms with Gasteiger partial charge >= 0.3 is 5.69 Å². The van der Waals surface area contributed by atoms with Crippen LogP contribution in [-0.4, -0.2) is 13.7 Å². The predicted molar refractivity (Wildman–Crippen MR) is 136 cm³/mol. The number of aromatic nitrogens is 3. The van der Waals surface area contributed by atoms with Crippen molar-refractivity contribution in [1.82, 2.24) is 13.7 Å². The van der Waals surface area contributed by atoms with Crippen molar-refractivity contribution in [2.75, 3.05) is 5.73 Å². The van der Waals surface area contributed by atoms with Crippen molar-refractivity contribution in [3.05, 3.63) is 88.6 Å². The summed E-state index contributed by atoms with van der Waals surface area (Å²) in [6, 6.07) is 10.7. The van der Waals surface area contributed by atoms with Crippen LogP contribution < -0.4 is 27.3 Å². The molecule has 0 saturated heterocycles. The molecule has 0 bridgehead atoms. The molecule has 0 spiro atoms. The number of rotatable bonds is 4. The number of hydrogen-bond acceptors (Lipinski definition) is 5. The standard InChI is InChI=1S/C24H20FIN4O4/c1-12-20(34-16-5-3-4-14(27)11-16)19-21(28(2)22(12)31)30(18-9-6-13(26)10-17(18)25)24(33)29(23(19)32)15-7-8-15/h3-6,9-11,15H,7-8,27H2,1-2H3. The number of nitrogen functional groups attached to an aromatic ring is 1. The Balaban J connectivity index is 1.97. The lowest BCUT2D eigenvalue weighted by Gasteiger charge is -2.20. The second-order valence-electron chi connectivity index (χ2n) is 8.31. The monoisotopic (exact) mass is 574 g/mol. The number of ether oxygens (including phenoxy) is 1. The predicted octanol–water partition coefficient (Wildman–Crippen LogP) is 3.61. The van der Waals surface area contributed by atoms with Gasteiger partial charge in [-0.2, -0.15) is 0 Å². The van der Waals surface area contributed by atoms with Crippen molar-refractivity contribution in [1.29, 1.82) is 0 Å². The second-order valence-corrected chi connectivity index (χ2v) is 9.56. The highest BCUT2D eigenvalue weighted by Gasteiger charge is 2.32. The minimum absolute atomic E-state index is 0.0165.